The zero-order valence-electron chi connectivity index (χ0n) is 10.3. The molecule has 0 heterocycles. The van der Waals surface area contributed by atoms with Crippen LogP contribution in [0.3, 0.4) is 0 Å². The fraction of sp³-hybridized carbons (Fsp3) is 0.909. The predicted molar refractivity (Wildman–Crippen MR) is 61.3 cm³/mol. The number of amides is 1. The van der Waals surface area contributed by atoms with Gasteiger partial charge in [-0.1, -0.05) is 0 Å². The van der Waals surface area contributed by atoms with Crippen molar-refractivity contribution in [3.8, 4) is 0 Å². The zero-order chi connectivity index (χ0) is 12.2. The summed E-state index contributed by atoms with van der Waals surface area (Å²) in [5, 5.41) is 8.67. The molecule has 0 fully saturated rings. The molecule has 0 aliphatic heterocycles. The predicted octanol–water partition coefficient (Wildman–Crippen LogP) is 0.270. The van der Waals surface area contributed by atoms with Crippen molar-refractivity contribution in [1.82, 2.24) is 4.90 Å². The molecule has 0 aromatic carbocycles. The Morgan fingerprint density at radius 1 is 1.12 bits per heavy atom. The lowest BCUT2D eigenvalue weighted by Crippen LogP contribution is -2.35. The second-order valence-electron chi connectivity index (χ2n) is 3.55. The number of hydrogen-bond donors (Lipinski definition) is 1. The molecule has 0 bridgehead atoms. The number of carbonyl (C=O) groups excluding carboxylic acids is 1. The van der Waals surface area contributed by atoms with Crippen LogP contribution in [0.25, 0.3) is 0 Å². The van der Waals surface area contributed by atoms with E-state index in [1.54, 1.807) is 19.1 Å². The SMILES string of the molecule is COCCCN(CCOC)C(=O)CCCO. The van der Waals surface area contributed by atoms with Crippen molar-refractivity contribution in [2.75, 3.05) is 47.1 Å². The highest BCUT2D eigenvalue weighted by Crippen LogP contribution is 2.00. The third kappa shape index (κ3) is 7.62. The van der Waals surface area contributed by atoms with Crippen LogP contribution in [0.1, 0.15) is 19.3 Å². The first-order valence-electron chi connectivity index (χ1n) is 5.62. The molecule has 0 aliphatic carbocycles. The summed E-state index contributed by atoms with van der Waals surface area (Å²) in [4.78, 5) is 13.5. The fourth-order valence-corrected chi connectivity index (χ4v) is 1.35. The average molecular weight is 233 g/mol. The van der Waals surface area contributed by atoms with Gasteiger partial charge >= 0.3 is 0 Å². The topological polar surface area (TPSA) is 59.0 Å². The maximum atomic E-state index is 11.7. The van der Waals surface area contributed by atoms with Crippen molar-refractivity contribution in [3.63, 3.8) is 0 Å². The van der Waals surface area contributed by atoms with E-state index in [9.17, 15) is 4.79 Å². The van der Waals surface area contributed by atoms with Gasteiger partial charge in [-0.25, -0.2) is 0 Å². The molecule has 0 aliphatic rings. The molecule has 0 aromatic heterocycles. The summed E-state index contributed by atoms with van der Waals surface area (Å²) in [7, 11) is 3.26. The lowest BCUT2D eigenvalue weighted by atomic mass is 10.2. The van der Waals surface area contributed by atoms with Crippen LogP contribution in [0, 0.1) is 0 Å². The Balaban J connectivity index is 3.91. The minimum Gasteiger partial charge on any atom is -0.396 e. The number of carbonyl (C=O) groups is 1. The molecule has 0 rings (SSSR count). The Labute approximate surface area is 97.3 Å². The largest absolute Gasteiger partial charge is 0.396 e. The number of nitrogens with zero attached hydrogens (tertiary/aromatic N) is 1. The first-order valence-corrected chi connectivity index (χ1v) is 5.62. The van der Waals surface area contributed by atoms with E-state index < -0.39 is 0 Å². The van der Waals surface area contributed by atoms with Crippen LogP contribution < -0.4 is 0 Å². The Morgan fingerprint density at radius 3 is 2.38 bits per heavy atom. The summed E-state index contributed by atoms with van der Waals surface area (Å²) in [6.45, 7) is 2.53. The molecule has 1 N–H and O–H groups in total. The average Bonchev–Trinajstić information content (AvgIpc) is 2.30. The maximum Gasteiger partial charge on any atom is 0.222 e. The van der Waals surface area contributed by atoms with E-state index >= 15 is 0 Å². The molecule has 96 valence electrons. The lowest BCUT2D eigenvalue weighted by Gasteiger charge is -2.22. The van der Waals surface area contributed by atoms with Gasteiger partial charge in [-0.05, 0) is 12.8 Å². The van der Waals surface area contributed by atoms with Crippen molar-refractivity contribution in [3.05, 3.63) is 0 Å². The van der Waals surface area contributed by atoms with Crippen molar-refractivity contribution >= 4 is 5.91 Å². The summed E-state index contributed by atoms with van der Waals surface area (Å²) in [5.74, 6) is 0.0715. The summed E-state index contributed by atoms with van der Waals surface area (Å²) < 4.78 is 9.91. The molecule has 0 atom stereocenters. The third-order valence-corrected chi connectivity index (χ3v) is 2.24. The molecule has 1 amide bonds. The van der Waals surface area contributed by atoms with Gasteiger partial charge in [-0.15, -0.1) is 0 Å². The molecule has 0 saturated carbocycles. The van der Waals surface area contributed by atoms with Crippen LogP contribution in [0.5, 0.6) is 0 Å². The molecule has 0 unspecified atom stereocenters. The highest BCUT2D eigenvalue weighted by Gasteiger charge is 2.11. The Morgan fingerprint density at radius 2 is 1.81 bits per heavy atom. The molecule has 0 spiro atoms. The quantitative estimate of drug-likeness (QED) is 0.550. The molecular formula is C11H23NO4. The molecule has 0 aromatic rings. The molecule has 0 radical (unpaired) electrons. The van der Waals surface area contributed by atoms with Crippen LogP contribution in [0.2, 0.25) is 0 Å². The number of methoxy groups -OCH3 is 2. The van der Waals surface area contributed by atoms with Gasteiger partial charge in [0.15, 0.2) is 0 Å². The van der Waals surface area contributed by atoms with Gasteiger partial charge in [0.2, 0.25) is 5.91 Å². The standard InChI is InChI=1S/C11H23NO4/c1-15-9-4-6-12(7-10-16-2)11(14)5-3-8-13/h13H,3-10H2,1-2H3. The van der Waals surface area contributed by atoms with Crippen LogP contribution in [-0.2, 0) is 14.3 Å². The van der Waals surface area contributed by atoms with E-state index in [1.165, 1.54) is 0 Å². The zero-order valence-corrected chi connectivity index (χ0v) is 10.3. The third-order valence-electron chi connectivity index (χ3n) is 2.24. The van der Waals surface area contributed by atoms with Crippen LogP contribution in [0.15, 0.2) is 0 Å². The van der Waals surface area contributed by atoms with E-state index in [2.05, 4.69) is 0 Å². The Bertz CT molecular complexity index is 175. The van der Waals surface area contributed by atoms with Crippen LogP contribution >= 0.6 is 0 Å². The van der Waals surface area contributed by atoms with Crippen molar-refractivity contribution < 1.29 is 19.4 Å². The van der Waals surface area contributed by atoms with Gasteiger partial charge in [0.05, 0.1) is 6.61 Å². The van der Waals surface area contributed by atoms with E-state index in [-0.39, 0.29) is 12.5 Å². The summed E-state index contributed by atoms with van der Waals surface area (Å²) in [6.07, 6.45) is 1.74. The van der Waals surface area contributed by atoms with Gasteiger partial charge in [0.25, 0.3) is 0 Å². The minimum atomic E-state index is 0.0575. The minimum absolute atomic E-state index is 0.0575. The highest BCUT2D eigenvalue weighted by atomic mass is 16.5. The second kappa shape index (κ2) is 10.9. The highest BCUT2D eigenvalue weighted by molar-refractivity contribution is 5.76. The number of hydrogen-bond acceptors (Lipinski definition) is 4. The molecule has 0 saturated heterocycles. The summed E-state index contributed by atoms with van der Waals surface area (Å²) >= 11 is 0. The maximum absolute atomic E-state index is 11.7. The van der Waals surface area contributed by atoms with Gasteiger partial charge < -0.3 is 19.5 Å². The van der Waals surface area contributed by atoms with Gasteiger partial charge in [-0.2, -0.15) is 0 Å². The number of rotatable bonds is 10. The Kier molecular flexibility index (Phi) is 10.4. The van der Waals surface area contributed by atoms with Gasteiger partial charge in [-0.3, -0.25) is 4.79 Å². The molecule has 16 heavy (non-hydrogen) atoms. The summed E-state index contributed by atoms with van der Waals surface area (Å²) in [6, 6.07) is 0. The van der Waals surface area contributed by atoms with E-state index in [0.29, 0.717) is 39.1 Å². The smallest absolute Gasteiger partial charge is 0.222 e. The van der Waals surface area contributed by atoms with Crippen molar-refractivity contribution in [2.24, 2.45) is 0 Å². The van der Waals surface area contributed by atoms with Crippen LogP contribution in [-0.4, -0.2) is 63.0 Å². The number of aliphatic hydroxyl groups is 1. The first kappa shape index (κ1) is 15.3. The second-order valence-corrected chi connectivity index (χ2v) is 3.55. The summed E-state index contributed by atoms with van der Waals surface area (Å²) in [5.41, 5.74) is 0. The van der Waals surface area contributed by atoms with E-state index in [1.807, 2.05) is 0 Å². The first-order chi connectivity index (χ1) is 7.76. The molecular weight excluding hydrogens is 210 g/mol. The van der Waals surface area contributed by atoms with Crippen LogP contribution in [0.4, 0.5) is 0 Å². The monoisotopic (exact) mass is 233 g/mol. The number of aliphatic hydroxyl groups excluding tert-OH is 1. The van der Waals surface area contributed by atoms with E-state index in [4.69, 9.17) is 14.6 Å². The van der Waals surface area contributed by atoms with Gasteiger partial charge in [0, 0.05) is 46.9 Å². The van der Waals surface area contributed by atoms with Crippen molar-refractivity contribution in [1.29, 1.82) is 0 Å². The number of ether oxygens (including phenoxy) is 2. The van der Waals surface area contributed by atoms with Crippen molar-refractivity contribution in [2.45, 2.75) is 19.3 Å². The Hall–Kier alpha value is -0.650. The fourth-order valence-electron chi connectivity index (χ4n) is 1.35. The lowest BCUT2D eigenvalue weighted by molar-refractivity contribution is -0.132. The van der Waals surface area contributed by atoms with E-state index in [0.717, 1.165) is 6.42 Å². The molecule has 5 nitrogen and oxygen atoms in total. The molecule has 5 heteroatoms. The van der Waals surface area contributed by atoms with Gasteiger partial charge in [0.1, 0.15) is 0 Å². The normalized spacial score (nSPS) is 10.4.